The summed E-state index contributed by atoms with van der Waals surface area (Å²) in [7, 11) is 2.97. The Morgan fingerprint density at radius 3 is 2.88 bits per heavy atom. The molecule has 1 aliphatic carbocycles. The number of rotatable bonds is 2. The monoisotopic (exact) mass is 239 g/mol. The van der Waals surface area contributed by atoms with E-state index in [2.05, 4.69) is 0 Å². The van der Waals surface area contributed by atoms with Gasteiger partial charge in [0.1, 0.15) is 0 Å². The molecular formula is C12H17NO4. The molecule has 5 nitrogen and oxygen atoms in total. The average Bonchev–Trinajstić information content (AvgIpc) is 2.76. The van der Waals surface area contributed by atoms with Crippen LogP contribution in [0.1, 0.15) is 12.8 Å². The Hall–Kier alpha value is -1.36. The first kappa shape index (κ1) is 12.1. The van der Waals surface area contributed by atoms with Crippen molar-refractivity contribution >= 4 is 11.9 Å². The molecule has 5 heteroatoms. The molecule has 0 aromatic rings. The summed E-state index contributed by atoms with van der Waals surface area (Å²) < 4.78 is 4.74. The molecule has 1 amide bonds. The lowest BCUT2D eigenvalue weighted by molar-refractivity contribution is -0.140. The second kappa shape index (κ2) is 4.49. The van der Waals surface area contributed by atoms with Crippen molar-refractivity contribution in [2.45, 2.75) is 12.8 Å². The van der Waals surface area contributed by atoms with Crippen molar-refractivity contribution in [3.63, 3.8) is 0 Å². The number of carbonyl (C=O) groups excluding carboxylic acids is 2. The molecule has 1 aliphatic heterocycles. The maximum absolute atomic E-state index is 12.1. The molecule has 17 heavy (non-hydrogen) atoms. The summed E-state index contributed by atoms with van der Waals surface area (Å²) in [4.78, 5) is 25.1. The molecule has 0 aromatic carbocycles. The molecule has 0 spiro atoms. The Bertz CT molecular complexity index is 377. The van der Waals surface area contributed by atoms with E-state index in [0.29, 0.717) is 5.57 Å². The van der Waals surface area contributed by atoms with Gasteiger partial charge in [-0.3, -0.25) is 4.79 Å². The molecule has 3 atom stereocenters. The minimum Gasteiger partial charge on any atom is -0.466 e. The average molecular weight is 239 g/mol. The van der Waals surface area contributed by atoms with Crippen molar-refractivity contribution in [1.82, 2.24) is 4.90 Å². The number of nitrogens with zero attached hydrogens (tertiary/aromatic N) is 1. The van der Waals surface area contributed by atoms with Crippen LogP contribution in [0.15, 0.2) is 11.8 Å². The summed E-state index contributed by atoms with van der Waals surface area (Å²) in [5.74, 6) is -0.798. The Morgan fingerprint density at radius 1 is 1.59 bits per heavy atom. The molecule has 2 aliphatic rings. The van der Waals surface area contributed by atoms with E-state index >= 15 is 0 Å². The first-order valence-electron chi connectivity index (χ1n) is 5.77. The van der Waals surface area contributed by atoms with Crippen LogP contribution in [0.3, 0.4) is 0 Å². The van der Waals surface area contributed by atoms with Crippen LogP contribution in [-0.2, 0) is 14.3 Å². The van der Waals surface area contributed by atoms with Crippen molar-refractivity contribution < 1.29 is 19.4 Å². The summed E-state index contributed by atoms with van der Waals surface area (Å²) in [5.41, 5.74) is 0.551. The van der Waals surface area contributed by atoms with Gasteiger partial charge in [0.25, 0.3) is 0 Å². The van der Waals surface area contributed by atoms with Crippen molar-refractivity contribution in [3.05, 3.63) is 11.8 Å². The van der Waals surface area contributed by atoms with E-state index in [0.717, 1.165) is 12.8 Å². The molecule has 1 fully saturated rings. The van der Waals surface area contributed by atoms with Crippen LogP contribution in [0.5, 0.6) is 0 Å². The molecule has 1 N–H and O–H groups in total. The van der Waals surface area contributed by atoms with Gasteiger partial charge < -0.3 is 14.7 Å². The summed E-state index contributed by atoms with van der Waals surface area (Å²) in [5, 5.41) is 9.28. The molecule has 0 radical (unpaired) electrons. The molecule has 3 unspecified atom stereocenters. The van der Waals surface area contributed by atoms with Gasteiger partial charge in [-0.05, 0) is 18.8 Å². The fourth-order valence-electron chi connectivity index (χ4n) is 2.93. The highest BCUT2D eigenvalue weighted by Gasteiger charge is 2.47. The maximum atomic E-state index is 12.1. The zero-order valence-electron chi connectivity index (χ0n) is 10.0. The minimum atomic E-state index is -0.377. The normalized spacial score (nSPS) is 32.2. The smallest absolute Gasteiger partial charge is 0.335 e. The standard InChI is InChI=1S/C12H17NO4/c1-13-5-9(12(16)17-2)8-4-3-7(6-14)10(8)11(13)15/h5,7-8,10,14H,3-4,6H2,1-2H3. The summed E-state index contributed by atoms with van der Waals surface area (Å²) in [6, 6.07) is 0. The van der Waals surface area contributed by atoms with Crippen LogP contribution < -0.4 is 0 Å². The first-order valence-corrected chi connectivity index (χ1v) is 5.77. The molecular weight excluding hydrogens is 222 g/mol. The van der Waals surface area contributed by atoms with Crippen LogP contribution in [0, 0.1) is 17.8 Å². The predicted molar refractivity (Wildman–Crippen MR) is 59.7 cm³/mol. The number of aliphatic hydroxyl groups excluding tert-OH is 1. The number of hydrogen-bond acceptors (Lipinski definition) is 4. The highest BCUT2D eigenvalue weighted by Crippen LogP contribution is 2.44. The number of aliphatic hydroxyl groups is 1. The maximum Gasteiger partial charge on any atom is 0.335 e. The molecule has 1 saturated carbocycles. The lowest BCUT2D eigenvalue weighted by Crippen LogP contribution is -2.41. The van der Waals surface area contributed by atoms with E-state index in [4.69, 9.17) is 4.74 Å². The fraction of sp³-hybridized carbons (Fsp3) is 0.667. The third-order valence-corrected chi connectivity index (χ3v) is 3.81. The summed E-state index contributed by atoms with van der Waals surface area (Å²) in [6.07, 6.45) is 3.10. The highest BCUT2D eigenvalue weighted by atomic mass is 16.5. The zero-order valence-corrected chi connectivity index (χ0v) is 10.0. The van der Waals surface area contributed by atoms with Gasteiger partial charge in [-0.1, -0.05) is 0 Å². The van der Waals surface area contributed by atoms with Crippen LogP contribution in [0.25, 0.3) is 0 Å². The zero-order chi connectivity index (χ0) is 12.6. The molecule has 0 saturated heterocycles. The second-order valence-corrected chi connectivity index (χ2v) is 4.68. The predicted octanol–water partition coefficient (Wildman–Crippen LogP) is 0.150. The van der Waals surface area contributed by atoms with Gasteiger partial charge in [0.2, 0.25) is 5.91 Å². The van der Waals surface area contributed by atoms with Gasteiger partial charge in [0, 0.05) is 25.8 Å². The summed E-state index contributed by atoms with van der Waals surface area (Å²) >= 11 is 0. The second-order valence-electron chi connectivity index (χ2n) is 4.68. The topological polar surface area (TPSA) is 66.8 Å². The number of fused-ring (bicyclic) bond motifs is 1. The third kappa shape index (κ3) is 1.84. The lowest BCUT2D eigenvalue weighted by Gasteiger charge is -2.32. The number of esters is 1. The first-order chi connectivity index (χ1) is 8.10. The van der Waals surface area contributed by atoms with Crippen LogP contribution >= 0.6 is 0 Å². The molecule has 94 valence electrons. The largest absolute Gasteiger partial charge is 0.466 e. The lowest BCUT2D eigenvalue weighted by atomic mass is 9.81. The van der Waals surface area contributed by atoms with Gasteiger partial charge in [-0.15, -0.1) is 0 Å². The Morgan fingerprint density at radius 2 is 2.29 bits per heavy atom. The highest BCUT2D eigenvalue weighted by molar-refractivity contribution is 5.94. The van der Waals surface area contributed by atoms with E-state index < -0.39 is 0 Å². The van der Waals surface area contributed by atoms with Crippen LogP contribution in [0.2, 0.25) is 0 Å². The van der Waals surface area contributed by atoms with Crippen LogP contribution in [-0.4, -0.2) is 42.6 Å². The molecule has 0 aromatic heterocycles. The van der Waals surface area contributed by atoms with Gasteiger partial charge in [0.15, 0.2) is 0 Å². The number of amides is 1. The Labute approximate surface area is 100 Å². The van der Waals surface area contributed by atoms with Crippen molar-refractivity contribution in [3.8, 4) is 0 Å². The minimum absolute atomic E-state index is 0.00476. The number of hydrogen-bond donors (Lipinski definition) is 1. The molecule has 2 rings (SSSR count). The number of carbonyl (C=O) groups is 2. The third-order valence-electron chi connectivity index (χ3n) is 3.81. The number of methoxy groups -OCH3 is 1. The van der Waals surface area contributed by atoms with E-state index in [1.165, 1.54) is 12.0 Å². The van der Waals surface area contributed by atoms with Gasteiger partial charge in [0.05, 0.1) is 18.6 Å². The van der Waals surface area contributed by atoms with Crippen molar-refractivity contribution in [1.29, 1.82) is 0 Å². The van der Waals surface area contributed by atoms with E-state index in [9.17, 15) is 14.7 Å². The van der Waals surface area contributed by atoms with E-state index in [-0.39, 0.29) is 36.2 Å². The van der Waals surface area contributed by atoms with Gasteiger partial charge in [-0.2, -0.15) is 0 Å². The molecule has 0 bridgehead atoms. The van der Waals surface area contributed by atoms with Crippen LogP contribution in [0.4, 0.5) is 0 Å². The number of ether oxygens (including phenoxy) is 1. The van der Waals surface area contributed by atoms with E-state index in [1.807, 2.05) is 0 Å². The quantitative estimate of drug-likeness (QED) is 0.697. The van der Waals surface area contributed by atoms with Crippen molar-refractivity contribution in [2.24, 2.45) is 17.8 Å². The SMILES string of the molecule is COC(=O)C1=CN(C)C(=O)C2C(CO)CCC12. The van der Waals surface area contributed by atoms with Gasteiger partial charge in [-0.25, -0.2) is 4.79 Å². The fourth-order valence-corrected chi connectivity index (χ4v) is 2.93. The van der Waals surface area contributed by atoms with E-state index in [1.54, 1.807) is 13.2 Å². The summed E-state index contributed by atoms with van der Waals surface area (Å²) in [6.45, 7) is -0.00476. The molecule has 1 heterocycles. The van der Waals surface area contributed by atoms with Crippen molar-refractivity contribution in [2.75, 3.05) is 20.8 Å². The van der Waals surface area contributed by atoms with Gasteiger partial charge >= 0.3 is 5.97 Å². The Kier molecular flexibility index (Phi) is 3.19. The Balaban J connectivity index is 2.34.